The summed E-state index contributed by atoms with van der Waals surface area (Å²) in [7, 11) is 1.65. The van der Waals surface area contributed by atoms with Crippen molar-refractivity contribution >= 4 is 17.8 Å². The van der Waals surface area contributed by atoms with Gasteiger partial charge >= 0.3 is 6.18 Å². The third-order valence-corrected chi connectivity index (χ3v) is 5.40. The first kappa shape index (κ1) is 24.7. The number of alkyl halides is 3. The highest BCUT2D eigenvalue weighted by atomic mass is 19.4. The van der Waals surface area contributed by atoms with Crippen LogP contribution in [0.25, 0.3) is 0 Å². The third kappa shape index (κ3) is 5.62. The van der Waals surface area contributed by atoms with Crippen molar-refractivity contribution in [1.82, 2.24) is 25.6 Å². The monoisotopic (exact) mass is 502 g/mol. The zero-order valence-electron chi connectivity index (χ0n) is 18.9. The number of rotatable bonds is 8. The highest BCUT2D eigenvalue weighted by molar-refractivity contribution is 6.00. The molecule has 10 nitrogen and oxygen atoms in total. The van der Waals surface area contributed by atoms with Gasteiger partial charge in [0.1, 0.15) is 28.4 Å². The Balaban J connectivity index is 1.34. The normalized spacial score (nSPS) is 14.0. The van der Waals surface area contributed by atoms with Gasteiger partial charge in [0.25, 0.3) is 5.91 Å². The summed E-state index contributed by atoms with van der Waals surface area (Å²) in [5.74, 6) is -1.48. The maximum atomic E-state index is 13.2. The fraction of sp³-hybridized carbons (Fsp3) is 0.261. The largest absolute Gasteiger partial charge is 0.508 e. The second-order valence-electron chi connectivity index (χ2n) is 8.03. The van der Waals surface area contributed by atoms with E-state index in [1.54, 1.807) is 7.05 Å². The van der Waals surface area contributed by atoms with Crippen LogP contribution in [0.3, 0.4) is 0 Å². The lowest BCUT2D eigenvalue weighted by Gasteiger charge is -2.17. The van der Waals surface area contributed by atoms with E-state index in [-0.39, 0.29) is 23.8 Å². The van der Waals surface area contributed by atoms with Crippen molar-refractivity contribution in [3.63, 3.8) is 0 Å². The molecule has 3 aromatic rings. The first-order valence-corrected chi connectivity index (χ1v) is 10.7. The van der Waals surface area contributed by atoms with Crippen molar-refractivity contribution in [3.05, 3.63) is 65.7 Å². The van der Waals surface area contributed by atoms with Crippen molar-refractivity contribution in [2.75, 3.05) is 12.4 Å². The molecule has 0 atom stereocenters. The molecule has 1 aliphatic rings. The van der Waals surface area contributed by atoms with Crippen LogP contribution >= 0.6 is 0 Å². The number of halogens is 3. The lowest BCUT2D eigenvalue weighted by molar-refractivity contribution is -0.138. The standard InChI is InChI=1S/C23H21F3N6O4/c1-27-21-30-9-13(10-31-21)19(34)32-22(6-7-22)20(35)29-11-14-2-4-16(12-28-14)36-18-5-3-15(33)8-17(18)23(24,25)26/h2-5,8-10,12,33H,6-7,11H2,1H3,(H,29,35)(H,32,34)(H,27,30,31). The van der Waals surface area contributed by atoms with Gasteiger partial charge in [-0.1, -0.05) is 0 Å². The van der Waals surface area contributed by atoms with E-state index >= 15 is 0 Å². The van der Waals surface area contributed by atoms with Crippen molar-refractivity contribution < 1.29 is 32.6 Å². The van der Waals surface area contributed by atoms with Crippen LogP contribution in [0.15, 0.2) is 48.9 Å². The molecule has 1 aromatic carbocycles. The Hall–Kier alpha value is -4.42. The van der Waals surface area contributed by atoms with Crippen LogP contribution in [0, 0.1) is 0 Å². The van der Waals surface area contributed by atoms with E-state index in [1.807, 2.05) is 0 Å². The van der Waals surface area contributed by atoms with E-state index in [1.165, 1.54) is 30.7 Å². The molecule has 2 amide bonds. The minimum absolute atomic E-state index is 0.0315. The number of nitrogens with zero attached hydrogens (tertiary/aromatic N) is 3. The predicted octanol–water partition coefficient (Wildman–Crippen LogP) is 3.01. The van der Waals surface area contributed by atoms with Crippen LogP contribution in [-0.4, -0.2) is 44.5 Å². The van der Waals surface area contributed by atoms with Gasteiger partial charge in [-0.2, -0.15) is 13.2 Å². The summed E-state index contributed by atoms with van der Waals surface area (Å²) in [6, 6.07) is 5.56. The zero-order valence-corrected chi connectivity index (χ0v) is 18.9. The molecule has 0 saturated heterocycles. The number of anilines is 1. The van der Waals surface area contributed by atoms with Crippen LogP contribution in [0.2, 0.25) is 0 Å². The smallest absolute Gasteiger partial charge is 0.420 e. The molecular formula is C23H21F3N6O4. The first-order valence-electron chi connectivity index (χ1n) is 10.7. The van der Waals surface area contributed by atoms with E-state index < -0.39 is 34.7 Å². The fourth-order valence-corrected chi connectivity index (χ4v) is 3.27. The molecule has 0 bridgehead atoms. The number of hydrogen-bond donors (Lipinski definition) is 4. The highest BCUT2D eigenvalue weighted by Gasteiger charge is 2.51. The molecule has 0 unspecified atom stereocenters. The maximum Gasteiger partial charge on any atom is 0.420 e. The summed E-state index contributed by atoms with van der Waals surface area (Å²) >= 11 is 0. The number of carbonyl (C=O) groups is 2. The summed E-state index contributed by atoms with van der Waals surface area (Å²) in [4.78, 5) is 37.2. The summed E-state index contributed by atoms with van der Waals surface area (Å²) in [6.07, 6.45) is 0.140. The van der Waals surface area contributed by atoms with Crippen LogP contribution in [-0.2, 0) is 17.5 Å². The summed E-state index contributed by atoms with van der Waals surface area (Å²) in [6.45, 7) is 0.0315. The highest BCUT2D eigenvalue weighted by Crippen LogP contribution is 2.40. The van der Waals surface area contributed by atoms with Crippen molar-refractivity contribution in [2.45, 2.75) is 31.1 Å². The Labute approximate surface area is 202 Å². The molecule has 0 spiro atoms. The molecule has 0 radical (unpaired) electrons. The summed E-state index contributed by atoms with van der Waals surface area (Å²) in [5, 5.41) is 17.5. The van der Waals surface area contributed by atoms with Crippen molar-refractivity contribution in [2.24, 2.45) is 0 Å². The number of aromatic nitrogens is 3. The topological polar surface area (TPSA) is 138 Å². The van der Waals surface area contributed by atoms with Crippen LogP contribution in [0.1, 0.15) is 34.5 Å². The Bertz CT molecular complexity index is 1260. The van der Waals surface area contributed by atoms with Gasteiger partial charge in [0.05, 0.1) is 24.0 Å². The third-order valence-electron chi connectivity index (χ3n) is 5.40. The summed E-state index contributed by atoms with van der Waals surface area (Å²) in [5.41, 5.74) is -1.52. The van der Waals surface area contributed by atoms with Gasteiger partial charge in [-0.15, -0.1) is 0 Å². The van der Waals surface area contributed by atoms with Gasteiger partial charge in [-0.3, -0.25) is 14.6 Å². The number of nitrogens with one attached hydrogen (secondary N) is 3. The van der Waals surface area contributed by atoms with E-state index in [4.69, 9.17) is 4.74 Å². The molecule has 2 aromatic heterocycles. The van der Waals surface area contributed by atoms with Gasteiger partial charge in [0.2, 0.25) is 11.9 Å². The molecule has 2 heterocycles. The predicted molar refractivity (Wildman–Crippen MR) is 120 cm³/mol. The maximum absolute atomic E-state index is 13.2. The van der Waals surface area contributed by atoms with E-state index in [2.05, 4.69) is 30.9 Å². The average Bonchev–Trinajstić information content (AvgIpc) is 3.64. The Morgan fingerprint density at radius 2 is 1.81 bits per heavy atom. The Kier molecular flexibility index (Phi) is 6.64. The lowest BCUT2D eigenvalue weighted by Crippen LogP contribution is -2.48. The number of amides is 2. The molecule has 1 aliphatic carbocycles. The van der Waals surface area contributed by atoms with Crippen molar-refractivity contribution in [3.8, 4) is 17.2 Å². The first-order chi connectivity index (χ1) is 17.1. The van der Waals surface area contributed by atoms with Gasteiger partial charge in [-0.25, -0.2) is 9.97 Å². The van der Waals surface area contributed by atoms with E-state index in [9.17, 15) is 27.9 Å². The number of hydrogen-bond acceptors (Lipinski definition) is 8. The molecule has 13 heteroatoms. The number of pyridine rings is 1. The number of ether oxygens (including phenoxy) is 1. The minimum Gasteiger partial charge on any atom is -0.508 e. The molecule has 1 fully saturated rings. The number of benzene rings is 1. The molecule has 0 aliphatic heterocycles. The average molecular weight is 502 g/mol. The van der Waals surface area contributed by atoms with E-state index in [0.29, 0.717) is 30.6 Å². The van der Waals surface area contributed by atoms with Gasteiger partial charge in [-0.05, 0) is 43.2 Å². The second kappa shape index (κ2) is 9.68. The fourth-order valence-electron chi connectivity index (χ4n) is 3.27. The molecule has 36 heavy (non-hydrogen) atoms. The molecule has 4 rings (SSSR count). The minimum atomic E-state index is -4.72. The quantitative estimate of drug-likeness (QED) is 0.369. The Morgan fingerprint density at radius 1 is 1.08 bits per heavy atom. The summed E-state index contributed by atoms with van der Waals surface area (Å²) < 4.78 is 44.9. The van der Waals surface area contributed by atoms with Crippen LogP contribution in [0.5, 0.6) is 17.2 Å². The van der Waals surface area contributed by atoms with Crippen molar-refractivity contribution in [1.29, 1.82) is 0 Å². The lowest BCUT2D eigenvalue weighted by atomic mass is 10.2. The second-order valence-corrected chi connectivity index (χ2v) is 8.03. The number of aromatic hydroxyl groups is 1. The SMILES string of the molecule is CNc1ncc(C(=O)NC2(C(=O)NCc3ccc(Oc4ccc(O)cc4C(F)(F)F)cn3)CC2)cn1. The number of phenolic OH excluding ortho intramolecular Hbond substituents is 1. The van der Waals surface area contributed by atoms with E-state index in [0.717, 1.165) is 12.1 Å². The molecule has 1 saturated carbocycles. The van der Waals surface area contributed by atoms with Crippen LogP contribution < -0.4 is 20.7 Å². The van der Waals surface area contributed by atoms with Gasteiger partial charge in [0.15, 0.2) is 0 Å². The van der Waals surface area contributed by atoms with Crippen LogP contribution in [0.4, 0.5) is 19.1 Å². The molecule has 188 valence electrons. The number of phenols is 1. The van der Waals surface area contributed by atoms with Gasteiger partial charge < -0.3 is 25.8 Å². The number of carbonyl (C=O) groups excluding carboxylic acids is 2. The molecular weight excluding hydrogens is 481 g/mol. The molecule has 4 N–H and O–H groups in total. The zero-order chi connectivity index (χ0) is 25.9. The Morgan fingerprint density at radius 3 is 2.39 bits per heavy atom. The van der Waals surface area contributed by atoms with Gasteiger partial charge in [0, 0.05) is 19.4 Å².